The van der Waals surface area contributed by atoms with Crippen LogP contribution in [0.3, 0.4) is 0 Å². The van der Waals surface area contributed by atoms with E-state index in [2.05, 4.69) is 34.4 Å². The van der Waals surface area contributed by atoms with Gasteiger partial charge in [0.05, 0.1) is 23.4 Å². The number of rotatable bonds is 5. The SMILES string of the molecule is CCN1CCOC(CNC(C)c2csc(C)n2)C1. The van der Waals surface area contributed by atoms with E-state index in [1.165, 1.54) is 0 Å². The molecule has 0 aromatic carbocycles. The van der Waals surface area contributed by atoms with Crippen LogP contribution in [0.4, 0.5) is 0 Å². The van der Waals surface area contributed by atoms with Gasteiger partial charge in [-0.15, -0.1) is 11.3 Å². The van der Waals surface area contributed by atoms with Crippen molar-refractivity contribution in [2.75, 3.05) is 32.8 Å². The summed E-state index contributed by atoms with van der Waals surface area (Å²) in [5, 5.41) is 6.78. The van der Waals surface area contributed by atoms with Crippen molar-refractivity contribution in [2.45, 2.75) is 32.9 Å². The van der Waals surface area contributed by atoms with Gasteiger partial charge < -0.3 is 10.1 Å². The summed E-state index contributed by atoms with van der Waals surface area (Å²) >= 11 is 1.71. The Balaban J connectivity index is 1.77. The Bertz CT molecular complexity index is 369. The lowest BCUT2D eigenvalue weighted by molar-refractivity contribution is -0.0262. The van der Waals surface area contributed by atoms with E-state index in [-0.39, 0.29) is 0 Å². The minimum Gasteiger partial charge on any atom is -0.374 e. The number of nitrogens with zero attached hydrogens (tertiary/aromatic N) is 2. The number of hydrogen-bond donors (Lipinski definition) is 1. The smallest absolute Gasteiger partial charge is 0.0898 e. The van der Waals surface area contributed by atoms with E-state index >= 15 is 0 Å². The van der Waals surface area contributed by atoms with E-state index in [0.29, 0.717) is 12.1 Å². The van der Waals surface area contributed by atoms with Crippen LogP contribution in [0.5, 0.6) is 0 Å². The lowest BCUT2D eigenvalue weighted by Crippen LogP contribution is -2.46. The minimum atomic E-state index is 0.301. The molecule has 1 N–H and O–H groups in total. The van der Waals surface area contributed by atoms with Crippen LogP contribution >= 0.6 is 11.3 Å². The lowest BCUT2D eigenvalue weighted by atomic mass is 10.2. The molecular formula is C13H23N3OS. The molecular weight excluding hydrogens is 246 g/mol. The summed E-state index contributed by atoms with van der Waals surface area (Å²) in [5.74, 6) is 0. The highest BCUT2D eigenvalue weighted by molar-refractivity contribution is 7.09. The second-order valence-corrected chi connectivity index (χ2v) is 5.87. The maximum atomic E-state index is 5.78. The molecule has 1 saturated heterocycles. The molecule has 2 unspecified atom stereocenters. The normalized spacial score (nSPS) is 23.2. The summed E-state index contributed by atoms with van der Waals surface area (Å²) in [5.41, 5.74) is 1.14. The van der Waals surface area contributed by atoms with Crippen molar-refractivity contribution in [3.8, 4) is 0 Å². The molecule has 102 valence electrons. The van der Waals surface area contributed by atoms with E-state index < -0.39 is 0 Å². The molecule has 2 atom stereocenters. The van der Waals surface area contributed by atoms with Crippen LogP contribution in [0, 0.1) is 6.92 Å². The van der Waals surface area contributed by atoms with Gasteiger partial charge >= 0.3 is 0 Å². The lowest BCUT2D eigenvalue weighted by Gasteiger charge is -2.32. The number of thiazole rings is 1. The molecule has 0 amide bonds. The number of morpholine rings is 1. The fraction of sp³-hybridized carbons (Fsp3) is 0.769. The van der Waals surface area contributed by atoms with Crippen molar-refractivity contribution in [3.05, 3.63) is 16.1 Å². The molecule has 1 aromatic rings. The van der Waals surface area contributed by atoms with E-state index in [4.69, 9.17) is 4.74 Å². The Morgan fingerprint density at radius 3 is 3.17 bits per heavy atom. The van der Waals surface area contributed by atoms with Crippen molar-refractivity contribution < 1.29 is 4.74 Å². The Morgan fingerprint density at radius 1 is 1.67 bits per heavy atom. The summed E-state index contributed by atoms with van der Waals surface area (Å²) in [7, 11) is 0. The first-order valence-electron chi connectivity index (χ1n) is 6.68. The summed E-state index contributed by atoms with van der Waals surface area (Å²) in [6.07, 6.45) is 0.306. The van der Waals surface area contributed by atoms with E-state index in [9.17, 15) is 0 Å². The zero-order valence-corrected chi connectivity index (χ0v) is 12.3. The van der Waals surface area contributed by atoms with Gasteiger partial charge in [0, 0.05) is 31.1 Å². The number of nitrogens with one attached hydrogen (secondary N) is 1. The largest absolute Gasteiger partial charge is 0.374 e. The minimum absolute atomic E-state index is 0.301. The zero-order chi connectivity index (χ0) is 13.0. The molecule has 0 aliphatic carbocycles. The van der Waals surface area contributed by atoms with E-state index in [0.717, 1.165) is 43.5 Å². The zero-order valence-electron chi connectivity index (χ0n) is 11.5. The molecule has 5 heteroatoms. The first-order chi connectivity index (χ1) is 8.69. The maximum absolute atomic E-state index is 5.78. The highest BCUT2D eigenvalue weighted by Gasteiger charge is 2.20. The van der Waals surface area contributed by atoms with Crippen molar-refractivity contribution >= 4 is 11.3 Å². The highest BCUT2D eigenvalue weighted by atomic mass is 32.1. The molecule has 0 bridgehead atoms. The first-order valence-corrected chi connectivity index (χ1v) is 7.56. The Kier molecular flexibility index (Phi) is 5.12. The van der Waals surface area contributed by atoms with Gasteiger partial charge in [0.1, 0.15) is 0 Å². The van der Waals surface area contributed by atoms with Crippen LogP contribution in [0.2, 0.25) is 0 Å². The van der Waals surface area contributed by atoms with Gasteiger partial charge in [-0.3, -0.25) is 4.90 Å². The fourth-order valence-corrected chi connectivity index (χ4v) is 2.89. The van der Waals surface area contributed by atoms with Gasteiger partial charge in [-0.05, 0) is 20.4 Å². The average Bonchev–Trinajstić information content (AvgIpc) is 2.83. The van der Waals surface area contributed by atoms with Crippen LogP contribution in [-0.4, -0.2) is 48.8 Å². The molecule has 0 radical (unpaired) electrons. The van der Waals surface area contributed by atoms with Crippen molar-refractivity contribution in [3.63, 3.8) is 0 Å². The molecule has 0 spiro atoms. The topological polar surface area (TPSA) is 37.4 Å². The van der Waals surface area contributed by atoms with E-state index in [1.54, 1.807) is 11.3 Å². The Morgan fingerprint density at radius 2 is 2.50 bits per heavy atom. The maximum Gasteiger partial charge on any atom is 0.0898 e. The number of hydrogen-bond acceptors (Lipinski definition) is 5. The number of aromatic nitrogens is 1. The van der Waals surface area contributed by atoms with Crippen LogP contribution in [0.1, 0.15) is 30.6 Å². The van der Waals surface area contributed by atoms with Crippen molar-refractivity contribution in [1.29, 1.82) is 0 Å². The summed E-state index contributed by atoms with van der Waals surface area (Å²) < 4.78 is 5.78. The molecule has 0 saturated carbocycles. The number of aryl methyl sites for hydroxylation is 1. The first kappa shape index (κ1) is 13.9. The van der Waals surface area contributed by atoms with Crippen LogP contribution in [0.25, 0.3) is 0 Å². The fourth-order valence-electron chi connectivity index (χ4n) is 2.18. The third kappa shape index (κ3) is 3.75. The average molecular weight is 269 g/mol. The summed E-state index contributed by atoms with van der Waals surface area (Å²) in [6.45, 7) is 11.4. The predicted octanol–water partition coefficient (Wildman–Crippen LogP) is 1.82. The van der Waals surface area contributed by atoms with Crippen LogP contribution < -0.4 is 5.32 Å². The van der Waals surface area contributed by atoms with Gasteiger partial charge in [-0.25, -0.2) is 4.98 Å². The highest BCUT2D eigenvalue weighted by Crippen LogP contribution is 2.16. The molecule has 4 nitrogen and oxygen atoms in total. The Labute approximate surface area is 113 Å². The summed E-state index contributed by atoms with van der Waals surface area (Å²) in [6, 6.07) is 0.301. The molecule has 18 heavy (non-hydrogen) atoms. The van der Waals surface area contributed by atoms with Crippen molar-refractivity contribution in [1.82, 2.24) is 15.2 Å². The third-order valence-electron chi connectivity index (χ3n) is 3.40. The Hall–Kier alpha value is -0.490. The van der Waals surface area contributed by atoms with Gasteiger partial charge in [-0.2, -0.15) is 0 Å². The molecule has 1 aliphatic rings. The monoisotopic (exact) mass is 269 g/mol. The second kappa shape index (κ2) is 6.61. The standard InChI is InChI=1S/C13H23N3OS/c1-4-16-5-6-17-12(8-16)7-14-10(2)13-9-18-11(3)15-13/h9-10,12,14H,4-8H2,1-3H3. The van der Waals surface area contributed by atoms with Gasteiger partial charge in [0.2, 0.25) is 0 Å². The second-order valence-electron chi connectivity index (χ2n) is 4.81. The van der Waals surface area contributed by atoms with Gasteiger partial charge in [0.25, 0.3) is 0 Å². The van der Waals surface area contributed by atoms with E-state index in [1.807, 2.05) is 6.92 Å². The quantitative estimate of drug-likeness (QED) is 0.885. The van der Waals surface area contributed by atoms with Crippen LogP contribution in [-0.2, 0) is 4.74 Å². The molecule has 1 fully saturated rings. The molecule has 1 aromatic heterocycles. The third-order valence-corrected chi connectivity index (χ3v) is 4.19. The van der Waals surface area contributed by atoms with Crippen molar-refractivity contribution in [2.24, 2.45) is 0 Å². The number of likely N-dealkylation sites (N-methyl/N-ethyl adjacent to an activating group) is 1. The predicted molar refractivity (Wildman–Crippen MR) is 75.1 cm³/mol. The molecule has 2 heterocycles. The summed E-state index contributed by atoms with van der Waals surface area (Å²) in [4.78, 5) is 6.95. The number of ether oxygens (including phenoxy) is 1. The van der Waals surface area contributed by atoms with Gasteiger partial charge in [-0.1, -0.05) is 6.92 Å². The molecule has 2 rings (SSSR count). The van der Waals surface area contributed by atoms with Gasteiger partial charge in [0.15, 0.2) is 0 Å². The molecule has 1 aliphatic heterocycles. The van der Waals surface area contributed by atoms with Crippen LogP contribution in [0.15, 0.2) is 5.38 Å².